The second-order valence-electron chi connectivity index (χ2n) is 6.34. The van der Waals surface area contributed by atoms with Crippen LogP contribution in [0.25, 0.3) is 0 Å². The van der Waals surface area contributed by atoms with Gasteiger partial charge in [-0.2, -0.15) is 18.4 Å². The number of carbonyl (C=O) groups is 2. The molecule has 1 atom stereocenters. The quantitative estimate of drug-likeness (QED) is 0.510. The molecule has 0 bridgehead atoms. The molecule has 0 radical (unpaired) electrons. The SMILES string of the molecule is COC(=O)C1=C(CBr)N(c2cccc(C(F)(F)F)c2)C(=O)N[C@@H]1c1ccc(C#N)nc1. The number of hydrogen-bond acceptors (Lipinski definition) is 5. The number of esters is 1. The molecule has 0 spiro atoms. The maximum Gasteiger partial charge on any atom is 0.416 e. The molecule has 0 aliphatic carbocycles. The number of pyridine rings is 1. The van der Waals surface area contributed by atoms with Crippen LogP contribution in [0.5, 0.6) is 0 Å². The molecule has 3 rings (SSSR count). The summed E-state index contributed by atoms with van der Waals surface area (Å²) >= 11 is 3.23. The van der Waals surface area contributed by atoms with Crippen LogP contribution in [0.1, 0.15) is 22.9 Å². The number of carbonyl (C=O) groups excluding carboxylic acids is 2. The lowest BCUT2D eigenvalue weighted by atomic mass is 9.95. The molecule has 1 aliphatic heterocycles. The van der Waals surface area contributed by atoms with Crippen LogP contribution in [-0.2, 0) is 15.7 Å². The Morgan fingerprint density at radius 1 is 1.35 bits per heavy atom. The fourth-order valence-electron chi connectivity index (χ4n) is 3.13. The number of hydrogen-bond donors (Lipinski definition) is 1. The zero-order valence-corrected chi connectivity index (χ0v) is 17.5. The van der Waals surface area contributed by atoms with E-state index in [2.05, 4.69) is 26.2 Å². The fraction of sp³-hybridized carbons (Fsp3) is 0.200. The molecule has 2 heterocycles. The van der Waals surface area contributed by atoms with E-state index in [9.17, 15) is 22.8 Å². The monoisotopic (exact) mass is 494 g/mol. The zero-order chi connectivity index (χ0) is 22.8. The second-order valence-corrected chi connectivity index (χ2v) is 6.90. The molecule has 1 aromatic carbocycles. The van der Waals surface area contributed by atoms with Crippen LogP contribution in [0.2, 0.25) is 0 Å². The van der Waals surface area contributed by atoms with Crippen molar-refractivity contribution in [2.45, 2.75) is 12.2 Å². The standard InChI is InChI=1S/C20H14BrF3N4O3/c1-31-18(29)16-15(8-21)28(14-4-2-3-12(7-14)20(22,23)24)19(30)27-17(16)11-5-6-13(9-25)26-10-11/h2-7,10,17H,8H2,1H3,(H,27,30)/t17-/m1/s1. The third-order valence-corrected chi connectivity index (χ3v) is 5.07. The minimum atomic E-state index is -4.61. The van der Waals surface area contributed by atoms with Gasteiger partial charge in [0.05, 0.1) is 35.7 Å². The highest BCUT2D eigenvalue weighted by atomic mass is 79.9. The molecule has 0 fully saturated rings. The normalized spacial score (nSPS) is 16.6. The van der Waals surface area contributed by atoms with Crippen molar-refractivity contribution >= 4 is 33.6 Å². The fourth-order valence-corrected chi connectivity index (χ4v) is 3.69. The topological polar surface area (TPSA) is 95.3 Å². The van der Waals surface area contributed by atoms with E-state index < -0.39 is 29.8 Å². The molecule has 2 amide bonds. The van der Waals surface area contributed by atoms with Crippen molar-refractivity contribution < 1.29 is 27.5 Å². The van der Waals surface area contributed by atoms with E-state index in [0.717, 1.165) is 24.1 Å². The Labute approximate surface area is 183 Å². The third-order valence-electron chi connectivity index (χ3n) is 4.54. The van der Waals surface area contributed by atoms with E-state index in [1.54, 1.807) is 0 Å². The van der Waals surface area contributed by atoms with Gasteiger partial charge >= 0.3 is 18.2 Å². The van der Waals surface area contributed by atoms with Crippen molar-refractivity contribution in [1.82, 2.24) is 10.3 Å². The summed E-state index contributed by atoms with van der Waals surface area (Å²) in [6, 6.07) is 7.30. The Morgan fingerprint density at radius 3 is 2.65 bits per heavy atom. The second kappa shape index (κ2) is 8.77. The van der Waals surface area contributed by atoms with Gasteiger partial charge in [0.25, 0.3) is 0 Å². The van der Waals surface area contributed by atoms with Gasteiger partial charge in [0.1, 0.15) is 11.8 Å². The van der Waals surface area contributed by atoms with Crippen LogP contribution in [0.15, 0.2) is 53.9 Å². The average molecular weight is 495 g/mol. The Balaban J connectivity index is 2.18. The Morgan fingerprint density at radius 2 is 2.10 bits per heavy atom. The Kier molecular flexibility index (Phi) is 6.31. The number of amides is 2. The number of allylic oxidation sites excluding steroid dienone is 1. The lowest BCUT2D eigenvalue weighted by Crippen LogP contribution is -2.49. The van der Waals surface area contributed by atoms with Gasteiger partial charge in [-0.25, -0.2) is 14.6 Å². The maximum absolute atomic E-state index is 13.2. The van der Waals surface area contributed by atoms with Gasteiger partial charge < -0.3 is 10.1 Å². The van der Waals surface area contributed by atoms with Gasteiger partial charge in [0.15, 0.2) is 0 Å². The van der Waals surface area contributed by atoms with Crippen molar-refractivity contribution in [3.63, 3.8) is 0 Å². The first-order chi connectivity index (χ1) is 14.7. The average Bonchev–Trinajstić information content (AvgIpc) is 2.77. The van der Waals surface area contributed by atoms with Gasteiger partial charge in [-0.15, -0.1) is 0 Å². The number of benzene rings is 1. The van der Waals surface area contributed by atoms with Gasteiger partial charge in [-0.3, -0.25) is 4.90 Å². The molecule has 0 saturated heterocycles. The molecule has 11 heteroatoms. The van der Waals surface area contributed by atoms with Crippen LogP contribution >= 0.6 is 15.9 Å². The molecule has 160 valence electrons. The number of ether oxygens (including phenoxy) is 1. The van der Waals surface area contributed by atoms with Gasteiger partial charge in [-0.1, -0.05) is 28.1 Å². The van der Waals surface area contributed by atoms with E-state index >= 15 is 0 Å². The van der Waals surface area contributed by atoms with Gasteiger partial charge in [0.2, 0.25) is 0 Å². The van der Waals surface area contributed by atoms with Crippen LogP contribution in [-0.4, -0.2) is 29.4 Å². The van der Waals surface area contributed by atoms with E-state index in [-0.39, 0.29) is 28.0 Å². The Bertz CT molecular complexity index is 1090. The Hall–Kier alpha value is -3.39. The smallest absolute Gasteiger partial charge is 0.416 e. The van der Waals surface area contributed by atoms with Crippen molar-refractivity contribution in [3.05, 3.63) is 70.7 Å². The summed E-state index contributed by atoms with van der Waals surface area (Å²) in [5.74, 6) is -0.777. The molecule has 0 saturated carbocycles. The summed E-state index contributed by atoms with van der Waals surface area (Å²) in [5.41, 5.74) is -0.341. The number of urea groups is 1. The number of nitrogens with one attached hydrogen (secondary N) is 1. The first-order valence-corrected chi connectivity index (χ1v) is 9.84. The van der Waals surface area contributed by atoms with E-state index in [0.29, 0.717) is 5.56 Å². The predicted molar refractivity (Wildman–Crippen MR) is 107 cm³/mol. The van der Waals surface area contributed by atoms with Crippen molar-refractivity contribution in [3.8, 4) is 6.07 Å². The van der Waals surface area contributed by atoms with Crippen LogP contribution < -0.4 is 10.2 Å². The van der Waals surface area contributed by atoms with Crippen molar-refractivity contribution in [2.75, 3.05) is 17.3 Å². The van der Waals surface area contributed by atoms with E-state index in [1.807, 2.05) is 6.07 Å². The number of anilines is 1. The largest absolute Gasteiger partial charge is 0.466 e. The summed E-state index contributed by atoms with van der Waals surface area (Å²) < 4.78 is 44.4. The molecule has 0 unspecified atom stereocenters. The number of halogens is 4. The summed E-state index contributed by atoms with van der Waals surface area (Å²) in [6.07, 6.45) is -3.28. The van der Waals surface area contributed by atoms with E-state index in [1.165, 1.54) is 30.5 Å². The molecular formula is C20H14BrF3N4O3. The van der Waals surface area contributed by atoms with E-state index in [4.69, 9.17) is 10.00 Å². The number of rotatable bonds is 4. The highest BCUT2D eigenvalue weighted by Crippen LogP contribution is 2.37. The third kappa shape index (κ3) is 4.39. The van der Waals surface area contributed by atoms with Crippen LogP contribution in [0.4, 0.5) is 23.7 Å². The summed E-state index contributed by atoms with van der Waals surface area (Å²) in [6.45, 7) is 0. The molecule has 2 aromatic rings. The first-order valence-electron chi connectivity index (χ1n) is 8.72. The number of nitrogens with zero attached hydrogens (tertiary/aromatic N) is 3. The summed E-state index contributed by atoms with van der Waals surface area (Å²) in [7, 11) is 1.15. The van der Waals surface area contributed by atoms with Crippen molar-refractivity contribution in [1.29, 1.82) is 5.26 Å². The lowest BCUT2D eigenvalue weighted by Gasteiger charge is -2.36. The number of alkyl halides is 4. The molecule has 7 nitrogen and oxygen atoms in total. The molecule has 1 aromatic heterocycles. The molecular weight excluding hydrogens is 481 g/mol. The molecule has 1 N–H and O–H groups in total. The first kappa shape index (κ1) is 22.3. The number of nitriles is 1. The molecule has 31 heavy (non-hydrogen) atoms. The number of aromatic nitrogens is 1. The van der Waals surface area contributed by atoms with Crippen LogP contribution in [0.3, 0.4) is 0 Å². The summed E-state index contributed by atoms with van der Waals surface area (Å²) in [5, 5.41) is 11.5. The predicted octanol–water partition coefficient (Wildman–Crippen LogP) is 4.06. The summed E-state index contributed by atoms with van der Waals surface area (Å²) in [4.78, 5) is 30.5. The van der Waals surface area contributed by atoms with Crippen molar-refractivity contribution in [2.24, 2.45) is 0 Å². The van der Waals surface area contributed by atoms with Crippen LogP contribution in [0, 0.1) is 11.3 Å². The van der Waals surface area contributed by atoms with Gasteiger partial charge in [0, 0.05) is 11.5 Å². The highest BCUT2D eigenvalue weighted by Gasteiger charge is 2.39. The molecule has 1 aliphatic rings. The van der Waals surface area contributed by atoms with Gasteiger partial charge in [-0.05, 0) is 29.8 Å². The lowest BCUT2D eigenvalue weighted by molar-refractivity contribution is -0.138. The zero-order valence-electron chi connectivity index (χ0n) is 15.9. The number of methoxy groups -OCH3 is 1. The highest BCUT2D eigenvalue weighted by molar-refractivity contribution is 9.09. The maximum atomic E-state index is 13.2. The minimum absolute atomic E-state index is 0.0166. The minimum Gasteiger partial charge on any atom is -0.466 e.